The van der Waals surface area contributed by atoms with Crippen molar-refractivity contribution in [3.8, 4) is 12.1 Å². The van der Waals surface area contributed by atoms with Gasteiger partial charge in [-0.15, -0.1) is 0 Å². The molecule has 6 aromatic carbocycles. The fourth-order valence-corrected chi connectivity index (χ4v) is 5.40. The number of benzene rings is 6. The van der Waals surface area contributed by atoms with Crippen molar-refractivity contribution in [3.63, 3.8) is 0 Å². The van der Waals surface area contributed by atoms with Crippen LogP contribution in [0.15, 0.2) is 115 Å². The summed E-state index contributed by atoms with van der Waals surface area (Å²) in [6.45, 7) is 4.12. The van der Waals surface area contributed by atoms with E-state index in [1.54, 1.807) is 0 Å². The second-order valence-corrected chi connectivity index (χ2v) is 10.3. The normalized spacial score (nSPS) is 11.0. The topological polar surface area (TPSA) is 50.8 Å². The Labute approximate surface area is 240 Å². The van der Waals surface area contributed by atoms with Crippen molar-refractivity contribution < 1.29 is 0 Å². The molecule has 0 aliphatic rings. The Balaban J connectivity index is 1.39. The van der Waals surface area contributed by atoms with Gasteiger partial charge in [0.2, 0.25) is 0 Å². The van der Waals surface area contributed by atoms with E-state index in [1.165, 1.54) is 5.56 Å². The van der Waals surface area contributed by atoms with Crippen molar-refractivity contribution in [2.75, 3.05) is 4.90 Å². The monoisotopic (exact) mass is 525 g/mol. The van der Waals surface area contributed by atoms with Crippen LogP contribution in [0.25, 0.3) is 33.7 Å². The zero-order chi connectivity index (χ0) is 28.3. The van der Waals surface area contributed by atoms with Crippen LogP contribution < -0.4 is 4.90 Å². The maximum atomic E-state index is 9.79. The molecule has 0 saturated carbocycles. The van der Waals surface area contributed by atoms with Gasteiger partial charge in [0.25, 0.3) is 0 Å². The van der Waals surface area contributed by atoms with Crippen LogP contribution in [-0.2, 0) is 0 Å². The third-order valence-electron chi connectivity index (χ3n) is 7.48. The summed E-state index contributed by atoms with van der Waals surface area (Å²) in [7, 11) is 0. The summed E-state index contributed by atoms with van der Waals surface area (Å²) in [5.74, 6) is 0. The molecule has 0 spiro atoms. The van der Waals surface area contributed by atoms with Crippen LogP contribution >= 0.6 is 0 Å². The molecule has 0 aliphatic heterocycles. The Bertz CT molecular complexity index is 2000. The van der Waals surface area contributed by atoms with E-state index in [-0.39, 0.29) is 0 Å². The molecule has 6 rings (SSSR count). The molecule has 0 radical (unpaired) electrons. The quantitative estimate of drug-likeness (QED) is 0.166. The fraction of sp³-hybridized carbons (Fsp3) is 0.0526. The molecule has 0 bridgehead atoms. The minimum absolute atomic E-state index is 0.594. The highest BCUT2D eigenvalue weighted by atomic mass is 15.1. The van der Waals surface area contributed by atoms with Gasteiger partial charge in [0.15, 0.2) is 0 Å². The summed E-state index contributed by atoms with van der Waals surface area (Å²) in [6, 6.07) is 43.9. The number of anilines is 3. The maximum Gasteiger partial charge on any atom is 0.0992 e. The summed E-state index contributed by atoms with van der Waals surface area (Å²) >= 11 is 0. The van der Waals surface area contributed by atoms with Gasteiger partial charge in [0.1, 0.15) is 0 Å². The standard InChI is InChI=1S/C38H27N3/c1-26-8-14-33(15-9-26)41(32-6-4-3-5-7-32)34-16-11-28(12-17-34)10-13-31-21-30(25-40)23-38-36(31)19-18-35-27(2)20-29(24-39)22-37(35)38/h3-23H,1-2H3/b13-10+. The Morgan fingerprint density at radius 1 is 0.537 bits per heavy atom. The van der Waals surface area contributed by atoms with Crippen LogP contribution in [0.4, 0.5) is 17.1 Å². The summed E-state index contributed by atoms with van der Waals surface area (Å²) < 4.78 is 0. The minimum atomic E-state index is 0.594. The fourth-order valence-electron chi connectivity index (χ4n) is 5.40. The maximum absolute atomic E-state index is 9.79. The Hall–Kier alpha value is -5.64. The molecule has 0 fully saturated rings. The van der Waals surface area contributed by atoms with Gasteiger partial charge in [-0.25, -0.2) is 0 Å². The molecule has 0 aromatic heterocycles. The van der Waals surface area contributed by atoms with Gasteiger partial charge in [0, 0.05) is 17.1 Å². The second kappa shape index (κ2) is 10.9. The van der Waals surface area contributed by atoms with Gasteiger partial charge in [0.05, 0.1) is 23.3 Å². The molecule has 0 unspecified atom stereocenters. The van der Waals surface area contributed by atoms with Crippen LogP contribution in [-0.4, -0.2) is 0 Å². The lowest BCUT2D eigenvalue weighted by Gasteiger charge is -2.25. The summed E-state index contributed by atoms with van der Waals surface area (Å²) in [4.78, 5) is 2.25. The lowest BCUT2D eigenvalue weighted by Crippen LogP contribution is -2.09. The van der Waals surface area contributed by atoms with E-state index in [2.05, 4.69) is 121 Å². The number of para-hydroxylation sites is 1. The van der Waals surface area contributed by atoms with Crippen LogP contribution in [0.3, 0.4) is 0 Å². The van der Waals surface area contributed by atoms with E-state index in [1.807, 2.05) is 37.3 Å². The van der Waals surface area contributed by atoms with Crippen molar-refractivity contribution >= 4 is 50.8 Å². The van der Waals surface area contributed by atoms with Crippen molar-refractivity contribution in [1.29, 1.82) is 10.5 Å². The lowest BCUT2D eigenvalue weighted by atomic mass is 9.93. The number of rotatable bonds is 5. The Kier molecular flexibility index (Phi) is 6.78. The molecule has 0 heterocycles. The molecule has 194 valence electrons. The molecular weight excluding hydrogens is 498 g/mol. The van der Waals surface area contributed by atoms with E-state index < -0.39 is 0 Å². The van der Waals surface area contributed by atoms with Crippen LogP contribution in [0.2, 0.25) is 0 Å². The average molecular weight is 526 g/mol. The molecule has 0 aliphatic carbocycles. The predicted octanol–water partition coefficient (Wildman–Crippen LogP) is 9.99. The van der Waals surface area contributed by atoms with E-state index in [0.717, 1.165) is 55.3 Å². The average Bonchev–Trinajstić information content (AvgIpc) is 3.01. The van der Waals surface area contributed by atoms with Crippen molar-refractivity contribution in [3.05, 3.63) is 149 Å². The molecule has 0 N–H and O–H groups in total. The molecule has 0 amide bonds. The van der Waals surface area contributed by atoms with Crippen LogP contribution in [0.5, 0.6) is 0 Å². The van der Waals surface area contributed by atoms with Gasteiger partial charge in [-0.3, -0.25) is 0 Å². The third kappa shape index (κ3) is 5.06. The molecule has 6 aromatic rings. The van der Waals surface area contributed by atoms with Crippen LogP contribution in [0, 0.1) is 36.5 Å². The molecule has 3 heteroatoms. The van der Waals surface area contributed by atoms with Crippen molar-refractivity contribution in [2.45, 2.75) is 13.8 Å². The summed E-state index contributed by atoms with van der Waals surface area (Å²) in [5.41, 5.74) is 8.80. The zero-order valence-corrected chi connectivity index (χ0v) is 23.0. The number of nitriles is 2. The number of aryl methyl sites for hydroxylation is 2. The van der Waals surface area contributed by atoms with E-state index in [0.29, 0.717) is 11.1 Å². The number of nitrogens with zero attached hydrogens (tertiary/aromatic N) is 3. The molecule has 0 saturated heterocycles. The van der Waals surface area contributed by atoms with Gasteiger partial charge < -0.3 is 4.90 Å². The first-order valence-corrected chi connectivity index (χ1v) is 13.6. The molecule has 41 heavy (non-hydrogen) atoms. The third-order valence-corrected chi connectivity index (χ3v) is 7.48. The SMILES string of the molecule is Cc1ccc(N(c2ccccc2)c2ccc(/C=C/c3cc(C#N)cc4c3ccc3c(C)cc(C#N)cc34)cc2)cc1. The van der Waals surface area contributed by atoms with Gasteiger partial charge in [-0.05, 0) is 113 Å². The van der Waals surface area contributed by atoms with E-state index in [4.69, 9.17) is 0 Å². The van der Waals surface area contributed by atoms with E-state index >= 15 is 0 Å². The first-order valence-electron chi connectivity index (χ1n) is 13.6. The predicted molar refractivity (Wildman–Crippen MR) is 170 cm³/mol. The number of fused-ring (bicyclic) bond motifs is 3. The van der Waals surface area contributed by atoms with Gasteiger partial charge in [-0.1, -0.05) is 72.3 Å². The molecule has 0 atom stereocenters. The summed E-state index contributed by atoms with van der Waals surface area (Å²) in [5, 5.41) is 23.4. The van der Waals surface area contributed by atoms with Crippen molar-refractivity contribution in [1.82, 2.24) is 0 Å². The minimum Gasteiger partial charge on any atom is -0.311 e. The van der Waals surface area contributed by atoms with E-state index in [9.17, 15) is 10.5 Å². The van der Waals surface area contributed by atoms with Gasteiger partial charge >= 0.3 is 0 Å². The highest BCUT2D eigenvalue weighted by Crippen LogP contribution is 2.35. The second-order valence-electron chi connectivity index (χ2n) is 10.3. The smallest absolute Gasteiger partial charge is 0.0992 e. The van der Waals surface area contributed by atoms with Crippen LogP contribution in [0.1, 0.15) is 33.4 Å². The first kappa shape index (κ1) is 25.6. The summed E-state index contributed by atoms with van der Waals surface area (Å²) in [6.07, 6.45) is 4.15. The lowest BCUT2D eigenvalue weighted by molar-refractivity contribution is 1.27. The molecule has 3 nitrogen and oxygen atoms in total. The van der Waals surface area contributed by atoms with Crippen molar-refractivity contribution in [2.24, 2.45) is 0 Å². The largest absolute Gasteiger partial charge is 0.311 e. The Morgan fingerprint density at radius 3 is 1.76 bits per heavy atom. The van der Waals surface area contributed by atoms with Gasteiger partial charge in [-0.2, -0.15) is 10.5 Å². The molecular formula is C38H27N3. The zero-order valence-electron chi connectivity index (χ0n) is 23.0. The highest BCUT2D eigenvalue weighted by molar-refractivity contribution is 6.12. The highest BCUT2D eigenvalue weighted by Gasteiger charge is 2.12. The Morgan fingerprint density at radius 2 is 1.10 bits per heavy atom. The number of hydrogen-bond donors (Lipinski definition) is 0. The first-order chi connectivity index (χ1) is 20.0. The number of hydrogen-bond acceptors (Lipinski definition) is 3.